The van der Waals surface area contributed by atoms with Gasteiger partial charge in [0.25, 0.3) is 0 Å². The lowest BCUT2D eigenvalue weighted by atomic mass is 9.85. The number of hydrogen-bond donors (Lipinski definition) is 0. The van der Waals surface area contributed by atoms with Crippen LogP contribution in [0.4, 0.5) is 17.1 Å². The molecule has 0 aliphatic rings. The molecule has 0 aliphatic carbocycles. The van der Waals surface area contributed by atoms with Gasteiger partial charge in [0, 0.05) is 17.1 Å². The molecule has 0 N–H and O–H groups in total. The van der Waals surface area contributed by atoms with Gasteiger partial charge < -0.3 is 4.90 Å². The van der Waals surface area contributed by atoms with Gasteiger partial charge in [0.05, 0.1) is 0 Å². The van der Waals surface area contributed by atoms with Crippen molar-refractivity contribution in [3.05, 3.63) is 187 Å². The summed E-state index contributed by atoms with van der Waals surface area (Å²) < 4.78 is 0. The lowest BCUT2D eigenvalue weighted by molar-refractivity contribution is 1.27. The van der Waals surface area contributed by atoms with Crippen molar-refractivity contribution in [3.8, 4) is 33.4 Å². The Morgan fingerprint density at radius 3 is 0.979 bits per heavy atom. The van der Waals surface area contributed by atoms with Crippen molar-refractivity contribution in [2.75, 3.05) is 4.90 Å². The molecular formula is C46H35N. The second-order valence-corrected chi connectivity index (χ2v) is 12.3. The number of hydrogen-bond acceptors (Lipinski definition) is 1. The van der Waals surface area contributed by atoms with Crippen LogP contribution < -0.4 is 4.90 Å². The molecule has 0 fully saturated rings. The smallest absolute Gasteiger partial charge is 0.0462 e. The van der Waals surface area contributed by atoms with Crippen LogP contribution in [0.1, 0.15) is 11.1 Å². The van der Waals surface area contributed by atoms with E-state index in [4.69, 9.17) is 0 Å². The number of aryl methyl sites for hydroxylation is 2. The Balaban J connectivity index is 1.27. The molecule has 0 unspecified atom stereocenters. The predicted molar refractivity (Wildman–Crippen MR) is 202 cm³/mol. The third kappa shape index (κ3) is 5.37. The summed E-state index contributed by atoms with van der Waals surface area (Å²) in [4.78, 5) is 2.33. The second-order valence-electron chi connectivity index (χ2n) is 12.3. The Morgan fingerprint density at radius 2 is 0.574 bits per heavy atom. The zero-order chi connectivity index (χ0) is 31.7. The van der Waals surface area contributed by atoms with E-state index in [0.29, 0.717) is 0 Å². The summed E-state index contributed by atoms with van der Waals surface area (Å²) in [6, 6.07) is 64.0. The number of rotatable bonds is 6. The first-order chi connectivity index (χ1) is 23.1. The maximum atomic E-state index is 2.33. The van der Waals surface area contributed by atoms with Gasteiger partial charge in [-0.1, -0.05) is 151 Å². The highest BCUT2D eigenvalue weighted by Gasteiger charge is 2.18. The van der Waals surface area contributed by atoms with Crippen molar-refractivity contribution in [2.24, 2.45) is 0 Å². The quantitative estimate of drug-likeness (QED) is 0.171. The van der Waals surface area contributed by atoms with Crippen molar-refractivity contribution >= 4 is 38.6 Å². The first-order valence-corrected chi connectivity index (χ1v) is 16.3. The molecule has 1 nitrogen and oxygen atoms in total. The highest BCUT2D eigenvalue weighted by molar-refractivity contribution is 6.21. The predicted octanol–water partition coefficient (Wildman–Crippen LogP) is 13.1. The first kappa shape index (κ1) is 28.5. The molecule has 8 rings (SSSR count). The largest absolute Gasteiger partial charge is 0.311 e. The fraction of sp³-hybridized carbons (Fsp3) is 0.0435. The zero-order valence-electron chi connectivity index (χ0n) is 26.7. The van der Waals surface area contributed by atoms with E-state index in [1.54, 1.807) is 0 Å². The van der Waals surface area contributed by atoms with E-state index in [-0.39, 0.29) is 0 Å². The van der Waals surface area contributed by atoms with E-state index in [1.807, 2.05) is 0 Å². The lowest BCUT2D eigenvalue weighted by Gasteiger charge is -2.26. The van der Waals surface area contributed by atoms with E-state index in [1.165, 1.54) is 66.1 Å². The van der Waals surface area contributed by atoms with E-state index >= 15 is 0 Å². The van der Waals surface area contributed by atoms with Crippen molar-refractivity contribution in [1.29, 1.82) is 0 Å². The molecule has 8 aromatic rings. The van der Waals surface area contributed by atoms with Crippen LogP contribution in [0.2, 0.25) is 0 Å². The average Bonchev–Trinajstić information content (AvgIpc) is 3.13. The van der Waals surface area contributed by atoms with Gasteiger partial charge in [0.2, 0.25) is 0 Å². The molecule has 0 aromatic heterocycles. The molecular weight excluding hydrogens is 567 g/mol. The van der Waals surface area contributed by atoms with Gasteiger partial charge >= 0.3 is 0 Å². The van der Waals surface area contributed by atoms with Gasteiger partial charge in [0.15, 0.2) is 0 Å². The number of benzene rings is 8. The fourth-order valence-electron chi connectivity index (χ4n) is 6.82. The summed E-state index contributed by atoms with van der Waals surface area (Å²) in [5.41, 5.74) is 13.4. The van der Waals surface area contributed by atoms with Crippen molar-refractivity contribution in [2.45, 2.75) is 13.8 Å². The molecule has 0 saturated heterocycles. The van der Waals surface area contributed by atoms with Gasteiger partial charge in [-0.05, 0) is 105 Å². The Morgan fingerprint density at radius 1 is 0.277 bits per heavy atom. The molecule has 8 aromatic carbocycles. The average molecular weight is 602 g/mol. The maximum Gasteiger partial charge on any atom is 0.0462 e. The molecule has 47 heavy (non-hydrogen) atoms. The Labute approximate surface area is 277 Å². The summed E-state index contributed by atoms with van der Waals surface area (Å²) in [7, 11) is 0. The standard InChI is InChI=1S/C46H35N/c1-32-16-26-38(27-17-32)47(39-28-18-33(2)19-29-39)40-30-24-37(25-31-40)46-43-14-8-6-12-41(43)45(42-13-7-9-15-44(42)46)36-22-20-35(21-23-36)34-10-4-3-5-11-34/h3-31H,1-2H3. The molecule has 0 aliphatic heterocycles. The summed E-state index contributed by atoms with van der Waals surface area (Å²) in [5.74, 6) is 0. The summed E-state index contributed by atoms with van der Waals surface area (Å²) in [5, 5.41) is 5.04. The minimum absolute atomic E-state index is 1.13. The third-order valence-electron chi connectivity index (χ3n) is 9.21. The van der Waals surface area contributed by atoms with Crippen LogP contribution in [-0.2, 0) is 0 Å². The van der Waals surface area contributed by atoms with Gasteiger partial charge in [-0.25, -0.2) is 0 Å². The van der Waals surface area contributed by atoms with Crippen LogP contribution in [0, 0.1) is 13.8 Å². The number of nitrogens with zero attached hydrogens (tertiary/aromatic N) is 1. The topological polar surface area (TPSA) is 3.24 Å². The monoisotopic (exact) mass is 601 g/mol. The molecule has 0 atom stereocenters. The van der Waals surface area contributed by atoms with E-state index < -0.39 is 0 Å². The molecule has 0 saturated carbocycles. The van der Waals surface area contributed by atoms with E-state index in [9.17, 15) is 0 Å². The highest BCUT2D eigenvalue weighted by Crippen LogP contribution is 2.44. The first-order valence-electron chi connectivity index (χ1n) is 16.3. The van der Waals surface area contributed by atoms with Gasteiger partial charge in [-0.3, -0.25) is 0 Å². The van der Waals surface area contributed by atoms with Crippen LogP contribution in [-0.4, -0.2) is 0 Å². The minimum atomic E-state index is 1.13. The Hall–Kier alpha value is -5.92. The van der Waals surface area contributed by atoms with Gasteiger partial charge in [0.1, 0.15) is 0 Å². The van der Waals surface area contributed by atoms with Crippen molar-refractivity contribution in [3.63, 3.8) is 0 Å². The zero-order valence-corrected chi connectivity index (χ0v) is 26.7. The van der Waals surface area contributed by atoms with Gasteiger partial charge in [-0.15, -0.1) is 0 Å². The van der Waals surface area contributed by atoms with Gasteiger partial charge in [-0.2, -0.15) is 0 Å². The van der Waals surface area contributed by atoms with E-state index in [0.717, 1.165) is 17.1 Å². The molecule has 0 spiro atoms. The Bertz CT molecular complexity index is 2210. The summed E-state index contributed by atoms with van der Waals surface area (Å²) >= 11 is 0. The van der Waals surface area contributed by atoms with Crippen LogP contribution in [0.25, 0.3) is 54.9 Å². The summed E-state index contributed by atoms with van der Waals surface area (Å²) in [6.07, 6.45) is 0. The molecule has 0 amide bonds. The normalized spacial score (nSPS) is 11.2. The van der Waals surface area contributed by atoms with Crippen molar-refractivity contribution < 1.29 is 0 Å². The van der Waals surface area contributed by atoms with Crippen LogP contribution >= 0.6 is 0 Å². The highest BCUT2D eigenvalue weighted by atomic mass is 15.1. The van der Waals surface area contributed by atoms with Crippen LogP contribution in [0.15, 0.2) is 176 Å². The second kappa shape index (κ2) is 12.1. The maximum absolute atomic E-state index is 2.33. The minimum Gasteiger partial charge on any atom is -0.311 e. The molecule has 0 radical (unpaired) electrons. The number of fused-ring (bicyclic) bond motifs is 2. The van der Waals surface area contributed by atoms with Crippen LogP contribution in [0.5, 0.6) is 0 Å². The van der Waals surface area contributed by atoms with Crippen LogP contribution in [0.3, 0.4) is 0 Å². The number of anilines is 3. The summed E-state index contributed by atoms with van der Waals surface area (Å²) in [6.45, 7) is 4.27. The lowest BCUT2D eigenvalue weighted by Crippen LogP contribution is -2.09. The third-order valence-corrected chi connectivity index (χ3v) is 9.21. The molecule has 0 heterocycles. The molecule has 0 bridgehead atoms. The molecule has 1 heteroatoms. The van der Waals surface area contributed by atoms with E-state index in [2.05, 4.69) is 195 Å². The Kier molecular flexibility index (Phi) is 7.36. The van der Waals surface area contributed by atoms with Crippen molar-refractivity contribution in [1.82, 2.24) is 0 Å². The SMILES string of the molecule is Cc1ccc(N(c2ccc(C)cc2)c2ccc(-c3c4ccccc4c(-c4ccc(-c5ccccc5)cc4)c4ccccc34)cc2)cc1. The molecule has 224 valence electrons. The fourth-order valence-corrected chi connectivity index (χ4v) is 6.82.